The van der Waals surface area contributed by atoms with E-state index in [0.29, 0.717) is 6.61 Å². The molecule has 2 aromatic heterocycles. The second kappa shape index (κ2) is 5.85. The summed E-state index contributed by atoms with van der Waals surface area (Å²) >= 11 is 0. The molecule has 1 saturated heterocycles. The summed E-state index contributed by atoms with van der Waals surface area (Å²) in [5, 5.41) is 0. The maximum absolute atomic E-state index is 5.88. The second-order valence-corrected chi connectivity index (χ2v) is 5.57. The summed E-state index contributed by atoms with van der Waals surface area (Å²) in [5.41, 5.74) is 4.41. The van der Waals surface area contributed by atoms with E-state index in [2.05, 4.69) is 25.9 Å². The Bertz CT molecular complexity index is 686. The average Bonchev–Trinajstić information content (AvgIpc) is 2.62. The molecule has 5 heteroatoms. The number of nitrogens with zero attached hydrogens (tertiary/aromatic N) is 4. The lowest BCUT2D eigenvalue weighted by atomic mass is 10.1. The van der Waals surface area contributed by atoms with Gasteiger partial charge in [0.25, 0.3) is 0 Å². The fraction of sp³-hybridized carbons (Fsp3) is 0.353. The van der Waals surface area contributed by atoms with Crippen LogP contribution in [0.1, 0.15) is 23.1 Å². The maximum Gasteiger partial charge on any atom is 0.117 e. The molecule has 0 aliphatic carbocycles. The first-order chi connectivity index (χ1) is 10.9. The van der Waals surface area contributed by atoms with Gasteiger partial charge in [-0.1, -0.05) is 6.07 Å². The number of rotatable bonds is 2. The minimum atomic E-state index is 0.0136. The molecular formula is C17H18N4O. The smallest absolute Gasteiger partial charge is 0.117 e. The molecule has 1 atom stereocenters. The van der Waals surface area contributed by atoms with Gasteiger partial charge >= 0.3 is 0 Å². The van der Waals surface area contributed by atoms with E-state index in [1.165, 1.54) is 0 Å². The molecule has 0 saturated carbocycles. The van der Waals surface area contributed by atoms with E-state index in [-0.39, 0.29) is 6.10 Å². The Hall–Kier alpha value is -2.27. The Kier molecular flexibility index (Phi) is 3.56. The van der Waals surface area contributed by atoms with Crippen molar-refractivity contribution in [1.82, 2.24) is 9.97 Å². The molecule has 0 bridgehead atoms. The highest BCUT2D eigenvalue weighted by molar-refractivity contribution is 5.83. The van der Waals surface area contributed by atoms with Crippen molar-refractivity contribution in [3.8, 4) is 0 Å². The van der Waals surface area contributed by atoms with Crippen molar-refractivity contribution < 1.29 is 4.74 Å². The van der Waals surface area contributed by atoms with E-state index in [9.17, 15) is 0 Å². The first-order valence-electron chi connectivity index (χ1n) is 7.66. The van der Waals surface area contributed by atoms with Gasteiger partial charge in [-0.15, -0.1) is 0 Å². The van der Waals surface area contributed by atoms with Crippen LogP contribution in [-0.4, -0.2) is 42.4 Å². The fourth-order valence-electron chi connectivity index (χ4n) is 2.95. The van der Waals surface area contributed by atoms with Gasteiger partial charge in [0.15, 0.2) is 0 Å². The van der Waals surface area contributed by atoms with Crippen LogP contribution >= 0.6 is 0 Å². The molecule has 2 aliphatic heterocycles. The van der Waals surface area contributed by atoms with Gasteiger partial charge < -0.3 is 9.64 Å². The summed E-state index contributed by atoms with van der Waals surface area (Å²) < 4.78 is 5.88. The topological polar surface area (TPSA) is 50.6 Å². The number of pyridine rings is 2. The standard InChI is InChI=1S/C17H18N4O/c1-2-5-19-16(3-1)17-12-21(7-8-22-17)14-9-13-10-18-6-4-15(13)20-11-14/h1-3,5,9-11,17H,4,6-8,12H2. The van der Waals surface area contributed by atoms with Gasteiger partial charge in [-0.05, 0) is 18.2 Å². The van der Waals surface area contributed by atoms with Gasteiger partial charge in [-0.25, -0.2) is 0 Å². The Balaban J connectivity index is 1.57. The molecule has 2 aromatic rings. The van der Waals surface area contributed by atoms with E-state index in [0.717, 1.165) is 48.7 Å². The van der Waals surface area contributed by atoms with Crippen LogP contribution in [0.5, 0.6) is 0 Å². The second-order valence-electron chi connectivity index (χ2n) is 5.57. The minimum absolute atomic E-state index is 0.0136. The number of aliphatic imine (C=N–C) groups is 1. The molecule has 4 rings (SSSR count). The Morgan fingerprint density at radius 2 is 2.23 bits per heavy atom. The summed E-state index contributed by atoms with van der Waals surface area (Å²) in [5.74, 6) is 0. The lowest BCUT2D eigenvalue weighted by Crippen LogP contribution is -2.38. The highest BCUT2D eigenvalue weighted by Crippen LogP contribution is 2.26. The van der Waals surface area contributed by atoms with Gasteiger partial charge in [0, 0.05) is 37.5 Å². The highest BCUT2D eigenvalue weighted by Gasteiger charge is 2.23. The molecule has 0 N–H and O–H groups in total. The van der Waals surface area contributed by atoms with Crippen molar-refractivity contribution in [1.29, 1.82) is 0 Å². The number of hydrogen-bond donors (Lipinski definition) is 0. The Morgan fingerprint density at radius 3 is 3.14 bits per heavy atom. The zero-order valence-electron chi connectivity index (χ0n) is 12.4. The SMILES string of the molecule is C1=NCCc2ncc(N3CCOC(c4ccccn4)C3)cc21. The van der Waals surface area contributed by atoms with E-state index >= 15 is 0 Å². The Morgan fingerprint density at radius 1 is 1.23 bits per heavy atom. The van der Waals surface area contributed by atoms with Crippen LogP contribution in [0.25, 0.3) is 0 Å². The van der Waals surface area contributed by atoms with Gasteiger partial charge in [0.05, 0.1) is 36.4 Å². The molecule has 4 heterocycles. The molecule has 22 heavy (non-hydrogen) atoms. The van der Waals surface area contributed by atoms with Crippen molar-refractivity contribution in [3.05, 3.63) is 53.6 Å². The van der Waals surface area contributed by atoms with Crippen molar-refractivity contribution in [2.45, 2.75) is 12.5 Å². The van der Waals surface area contributed by atoms with Gasteiger partial charge in [0.2, 0.25) is 0 Å². The van der Waals surface area contributed by atoms with E-state index in [1.807, 2.05) is 36.8 Å². The molecular weight excluding hydrogens is 276 g/mol. The summed E-state index contributed by atoms with van der Waals surface area (Å²) in [7, 11) is 0. The van der Waals surface area contributed by atoms with Crippen LogP contribution < -0.4 is 4.90 Å². The molecule has 1 unspecified atom stereocenters. The van der Waals surface area contributed by atoms with Crippen molar-refractivity contribution in [2.75, 3.05) is 31.1 Å². The number of ether oxygens (including phenoxy) is 1. The molecule has 112 valence electrons. The number of fused-ring (bicyclic) bond motifs is 1. The van der Waals surface area contributed by atoms with Crippen LogP contribution in [0.15, 0.2) is 41.7 Å². The molecule has 0 spiro atoms. The summed E-state index contributed by atoms with van der Waals surface area (Å²) in [6, 6.07) is 8.14. The number of aromatic nitrogens is 2. The predicted octanol–water partition coefficient (Wildman–Crippen LogP) is 2.03. The van der Waals surface area contributed by atoms with Crippen LogP contribution in [0.4, 0.5) is 5.69 Å². The summed E-state index contributed by atoms with van der Waals surface area (Å²) in [4.78, 5) is 15.7. The molecule has 5 nitrogen and oxygen atoms in total. The van der Waals surface area contributed by atoms with Crippen LogP contribution in [0, 0.1) is 0 Å². The molecule has 1 fully saturated rings. The number of hydrogen-bond acceptors (Lipinski definition) is 5. The lowest BCUT2D eigenvalue weighted by Gasteiger charge is -2.34. The highest BCUT2D eigenvalue weighted by atomic mass is 16.5. The third-order valence-electron chi connectivity index (χ3n) is 4.15. The predicted molar refractivity (Wildman–Crippen MR) is 85.5 cm³/mol. The number of anilines is 1. The molecule has 0 radical (unpaired) electrons. The lowest BCUT2D eigenvalue weighted by molar-refractivity contribution is 0.0370. The molecule has 2 aliphatic rings. The van der Waals surface area contributed by atoms with E-state index in [4.69, 9.17) is 4.74 Å². The average molecular weight is 294 g/mol. The maximum atomic E-state index is 5.88. The summed E-state index contributed by atoms with van der Waals surface area (Å²) in [6.45, 7) is 3.22. The van der Waals surface area contributed by atoms with Crippen LogP contribution in [0.2, 0.25) is 0 Å². The molecule has 0 amide bonds. The Labute approximate surface area is 129 Å². The first kappa shape index (κ1) is 13.4. The van der Waals surface area contributed by atoms with Crippen molar-refractivity contribution in [2.24, 2.45) is 4.99 Å². The fourth-order valence-corrected chi connectivity index (χ4v) is 2.95. The largest absolute Gasteiger partial charge is 0.368 e. The first-order valence-corrected chi connectivity index (χ1v) is 7.66. The van der Waals surface area contributed by atoms with Crippen molar-refractivity contribution in [3.63, 3.8) is 0 Å². The zero-order valence-corrected chi connectivity index (χ0v) is 12.4. The third-order valence-corrected chi connectivity index (χ3v) is 4.15. The minimum Gasteiger partial charge on any atom is -0.368 e. The third kappa shape index (κ3) is 2.60. The quantitative estimate of drug-likeness (QED) is 0.850. The summed E-state index contributed by atoms with van der Waals surface area (Å²) in [6.07, 6.45) is 6.67. The number of morpholine rings is 1. The normalized spacial score (nSPS) is 20.7. The zero-order chi connectivity index (χ0) is 14.8. The van der Waals surface area contributed by atoms with E-state index < -0.39 is 0 Å². The van der Waals surface area contributed by atoms with Crippen LogP contribution in [-0.2, 0) is 11.2 Å². The monoisotopic (exact) mass is 294 g/mol. The van der Waals surface area contributed by atoms with Gasteiger partial charge in [-0.2, -0.15) is 0 Å². The van der Waals surface area contributed by atoms with Gasteiger partial charge in [-0.3, -0.25) is 15.0 Å². The van der Waals surface area contributed by atoms with Crippen molar-refractivity contribution >= 4 is 11.9 Å². The van der Waals surface area contributed by atoms with Gasteiger partial charge in [0.1, 0.15) is 6.10 Å². The molecule has 0 aromatic carbocycles. The van der Waals surface area contributed by atoms with Crippen LogP contribution in [0.3, 0.4) is 0 Å². The van der Waals surface area contributed by atoms with E-state index in [1.54, 1.807) is 0 Å².